The van der Waals surface area contributed by atoms with Crippen LogP contribution in [0.3, 0.4) is 0 Å². The van der Waals surface area contributed by atoms with Crippen LogP contribution in [0, 0.1) is 27.7 Å². The smallest absolute Gasteiger partial charge is 0.216 e. The van der Waals surface area contributed by atoms with Crippen LogP contribution in [0.5, 0.6) is 0 Å². The molecule has 0 unspecified atom stereocenters. The largest absolute Gasteiger partial charge is 0.253 e. The minimum absolute atomic E-state index is 0.683. The second-order valence-electron chi connectivity index (χ2n) is 5.29. The molecule has 0 aliphatic carbocycles. The van der Waals surface area contributed by atoms with Gasteiger partial charge in [-0.1, -0.05) is 41.6 Å². The van der Waals surface area contributed by atoms with Gasteiger partial charge >= 0.3 is 0 Å². The average Bonchev–Trinajstić information content (AvgIpc) is 2.86. The molecule has 0 bridgehead atoms. The number of thioether (sulfide) groups is 1. The minimum Gasteiger partial charge on any atom is -0.216 e. The van der Waals surface area contributed by atoms with E-state index < -0.39 is 0 Å². The van der Waals surface area contributed by atoms with Crippen molar-refractivity contribution in [1.29, 1.82) is 0 Å². The van der Waals surface area contributed by atoms with Crippen LogP contribution in [0.1, 0.15) is 28.1 Å². The predicted octanol–water partition coefficient (Wildman–Crippen LogP) is 3.65. The summed E-state index contributed by atoms with van der Waals surface area (Å²) in [7, 11) is 0. The topological polar surface area (TPSA) is 43.1 Å². The molecule has 3 rings (SSSR count). The summed E-state index contributed by atoms with van der Waals surface area (Å²) in [6, 6.07) is 8.52. The van der Waals surface area contributed by atoms with Crippen LogP contribution >= 0.6 is 11.8 Å². The van der Waals surface area contributed by atoms with Crippen LogP contribution < -0.4 is 0 Å². The standard InChI is InChI=1S/C16H18N4S/c1-10-6-5-7-14(8-10)9-21-16-18-15-17-12(3)11(2)13(4)20(15)19-16/h5-8H,9H2,1-4H3. The summed E-state index contributed by atoms with van der Waals surface area (Å²) >= 11 is 1.65. The van der Waals surface area contributed by atoms with E-state index in [9.17, 15) is 0 Å². The van der Waals surface area contributed by atoms with E-state index in [2.05, 4.69) is 60.1 Å². The van der Waals surface area contributed by atoms with Gasteiger partial charge in [-0.25, -0.2) is 9.50 Å². The van der Waals surface area contributed by atoms with Crippen LogP contribution in [0.4, 0.5) is 0 Å². The number of aryl methyl sites for hydroxylation is 3. The molecule has 3 aromatic rings. The Labute approximate surface area is 128 Å². The van der Waals surface area contributed by atoms with Crippen molar-refractivity contribution in [3.63, 3.8) is 0 Å². The van der Waals surface area contributed by atoms with Gasteiger partial charge in [0.1, 0.15) is 0 Å². The molecule has 0 aliphatic rings. The van der Waals surface area contributed by atoms with Crippen molar-refractivity contribution in [2.75, 3.05) is 0 Å². The third kappa shape index (κ3) is 2.78. The Kier molecular flexibility index (Phi) is 3.68. The molecular weight excluding hydrogens is 280 g/mol. The molecule has 0 atom stereocenters. The van der Waals surface area contributed by atoms with E-state index in [1.165, 1.54) is 16.7 Å². The number of hydrogen-bond donors (Lipinski definition) is 0. The molecule has 0 radical (unpaired) electrons. The highest BCUT2D eigenvalue weighted by Gasteiger charge is 2.11. The quantitative estimate of drug-likeness (QED) is 0.692. The van der Waals surface area contributed by atoms with E-state index in [1.54, 1.807) is 11.8 Å². The summed E-state index contributed by atoms with van der Waals surface area (Å²) in [5.41, 5.74) is 5.85. The molecule has 2 heterocycles. The summed E-state index contributed by atoms with van der Waals surface area (Å²) in [6.07, 6.45) is 0. The Morgan fingerprint density at radius 2 is 1.90 bits per heavy atom. The van der Waals surface area contributed by atoms with Crippen LogP contribution in [0.25, 0.3) is 5.78 Å². The first kappa shape index (κ1) is 14.1. The van der Waals surface area contributed by atoms with E-state index in [1.807, 2.05) is 11.4 Å². The molecule has 0 spiro atoms. The van der Waals surface area contributed by atoms with E-state index in [4.69, 9.17) is 0 Å². The first-order valence-corrected chi connectivity index (χ1v) is 7.92. The SMILES string of the molecule is Cc1cccc(CSc2nc3nc(C)c(C)c(C)n3n2)c1. The molecule has 0 fully saturated rings. The lowest BCUT2D eigenvalue weighted by molar-refractivity contribution is 0.832. The molecule has 21 heavy (non-hydrogen) atoms. The Bertz CT molecular complexity index is 807. The molecule has 4 nitrogen and oxygen atoms in total. The Hall–Kier alpha value is -1.88. The zero-order valence-electron chi connectivity index (χ0n) is 12.7. The molecule has 108 valence electrons. The molecule has 0 saturated carbocycles. The van der Waals surface area contributed by atoms with E-state index in [-0.39, 0.29) is 0 Å². The highest BCUT2D eigenvalue weighted by Crippen LogP contribution is 2.21. The van der Waals surface area contributed by atoms with Gasteiger partial charge < -0.3 is 0 Å². The molecule has 1 aromatic carbocycles. The second kappa shape index (κ2) is 5.48. The first-order chi connectivity index (χ1) is 10.0. The zero-order chi connectivity index (χ0) is 15.0. The monoisotopic (exact) mass is 298 g/mol. The maximum Gasteiger partial charge on any atom is 0.253 e. The van der Waals surface area contributed by atoms with Gasteiger partial charge in [0.25, 0.3) is 5.78 Å². The maximum atomic E-state index is 4.56. The number of fused-ring (bicyclic) bond motifs is 1. The fraction of sp³-hybridized carbons (Fsp3) is 0.312. The van der Waals surface area contributed by atoms with Crippen molar-refractivity contribution >= 4 is 17.5 Å². The summed E-state index contributed by atoms with van der Waals surface area (Å²) in [5, 5.41) is 5.33. The van der Waals surface area contributed by atoms with E-state index in [0.29, 0.717) is 5.78 Å². The van der Waals surface area contributed by atoms with Gasteiger partial charge in [-0.05, 0) is 38.8 Å². The zero-order valence-corrected chi connectivity index (χ0v) is 13.5. The van der Waals surface area contributed by atoms with Crippen molar-refractivity contribution in [2.45, 2.75) is 38.6 Å². The number of nitrogens with zero attached hydrogens (tertiary/aromatic N) is 4. The lowest BCUT2D eigenvalue weighted by Crippen LogP contribution is -2.02. The first-order valence-electron chi connectivity index (χ1n) is 6.93. The predicted molar refractivity (Wildman–Crippen MR) is 85.7 cm³/mol. The number of aromatic nitrogens is 4. The fourth-order valence-electron chi connectivity index (χ4n) is 2.25. The van der Waals surface area contributed by atoms with Gasteiger partial charge in [0, 0.05) is 17.1 Å². The Balaban J connectivity index is 1.87. The maximum absolute atomic E-state index is 4.56. The van der Waals surface area contributed by atoms with Crippen LogP contribution in [0.15, 0.2) is 29.4 Å². The summed E-state index contributed by atoms with van der Waals surface area (Å²) in [5.74, 6) is 1.55. The highest BCUT2D eigenvalue weighted by atomic mass is 32.2. The third-order valence-corrected chi connectivity index (χ3v) is 4.60. The van der Waals surface area contributed by atoms with Crippen molar-refractivity contribution in [2.24, 2.45) is 0 Å². The molecule has 0 aliphatic heterocycles. The minimum atomic E-state index is 0.683. The van der Waals surface area contributed by atoms with Gasteiger partial charge in [0.05, 0.1) is 0 Å². The normalized spacial score (nSPS) is 11.2. The lowest BCUT2D eigenvalue weighted by atomic mass is 10.2. The molecule has 0 amide bonds. The van der Waals surface area contributed by atoms with Crippen molar-refractivity contribution < 1.29 is 0 Å². The number of benzene rings is 1. The number of rotatable bonds is 3. The van der Waals surface area contributed by atoms with E-state index in [0.717, 1.165) is 22.3 Å². The van der Waals surface area contributed by atoms with Crippen molar-refractivity contribution in [3.8, 4) is 0 Å². The van der Waals surface area contributed by atoms with Gasteiger partial charge in [0.15, 0.2) is 0 Å². The third-order valence-electron chi connectivity index (χ3n) is 3.69. The molecule has 2 aromatic heterocycles. The number of hydrogen-bond acceptors (Lipinski definition) is 4. The van der Waals surface area contributed by atoms with Crippen molar-refractivity contribution in [3.05, 3.63) is 52.3 Å². The average molecular weight is 298 g/mol. The van der Waals surface area contributed by atoms with Crippen LogP contribution in [0.2, 0.25) is 0 Å². The molecular formula is C16H18N4S. The Morgan fingerprint density at radius 1 is 1.10 bits per heavy atom. The van der Waals surface area contributed by atoms with Gasteiger partial charge in [-0.15, -0.1) is 5.10 Å². The van der Waals surface area contributed by atoms with Crippen molar-refractivity contribution in [1.82, 2.24) is 19.6 Å². The van der Waals surface area contributed by atoms with Crippen LogP contribution in [-0.4, -0.2) is 19.6 Å². The summed E-state index contributed by atoms with van der Waals surface area (Å²) < 4.78 is 1.83. The molecule has 0 N–H and O–H groups in total. The molecule has 5 heteroatoms. The van der Waals surface area contributed by atoms with E-state index >= 15 is 0 Å². The molecule has 0 saturated heterocycles. The summed E-state index contributed by atoms with van der Waals surface area (Å²) in [6.45, 7) is 8.24. The fourth-order valence-corrected chi connectivity index (χ4v) is 3.01. The highest BCUT2D eigenvalue weighted by molar-refractivity contribution is 7.98. The van der Waals surface area contributed by atoms with Gasteiger partial charge in [-0.3, -0.25) is 0 Å². The van der Waals surface area contributed by atoms with Gasteiger partial charge in [0.2, 0.25) is 5.16 Å². The Morgan fingerprint density at radius 3 is 2.67 bits per heavy atom. The summed E-state index contributed by atoms with van der Waals surface area (Å²) in [4.78, 5) is 9.02. The van der Waals surface area contributed by atoms with Crippen LogP contribution in [-0.2, 0) is 5.75 Å². The second-order valence-corrected chi connectivity index (χ2v) is 6.23. The lowest BCUT2D eigenvalue weighted by Gasteiger charge is -2.04. The van der Waals surface area contributed by atoms with Gasteiger partial charge in [-0.2, -0.15) is 4.98 Å².